The van der Waals surface area contributed by atoms with E-state index in [-0.39, 0.29) is 6.42 Å². The molecule has 40 heavy (non-hydrogen) atoms. The van der Waals surface area contributed by atoms with E-state index in [0.717, 1.165) is 5.69 Å². The van der Waals surface area contributed by atoms with Crippen LogP contribution in [0, 0.1) is 5.82 Å². The Balaban J connectivity index is 1.59. The summed E-state index contributed by atoms with van der Waals surface area (Å²) in [7, 11) is 0. The maximum absolute atomic E-state index is 13.9. The highest BCUT2D eigenvalue weighted by atomic mass is 19.1. The second-order valence-corrected chi connectivity index (χ2v) is 9.69. The van der Waals surface area contributed by atoms with Crippen molar-refractivity contribution in [3.05, 3.63) is 84.6 Å². The molecule has 2 aromatic heterocycles. The van der Waals surface area contributed by atoms with Crippen molar-refractivity contribution >= 4 is 23.8 Å². The highest BCUT2D eigenvalue weighted by Gasteiger charge is 2.47. The van der Waals surface area contributed by atoms with E-state index in [9.17, 15) is 24.5 Å². The van der Waals surface area contributed by atoms with E-state index < -0.39 is 36.0 Å². The van der Waals surface area contributed by atoms with Crippen molar-refractivity contribution in [2.24, 2.45) is 0 Å². The molecule has 2 heterocycles. The smallest absolute Gasteiger partial charge is 0.305 e. The van der Waals surface area contributed by atoms with Crippen molar-refractivity contribution in [2.45, 2.75) is 43.5 Å². The van der Waals surface area contributed by atoms with Crippen LogP contribution in [0.2, 0.25) is 0 Å². The molecule has 2 aromatic carbocycles. The van der Waals surface area contributed by atoms with E-state index in [1.807, 2.05) is 30.3 Å². The summed E-state index contributed by atoms with van der Waals surface area (Å²) in [6.07, 6.45) is 2.32. The molecular weight excluding hydrogens is 517 g/mol. The summed E-state index contributed by atoms with van der Waals surface area (Å²) in [6, 6.07) is 16.9. The second kappa shape index (κ2) is 11.3. The number of nitrogens with one attached hydrogen (secondary N) is 1. The fourth-order valence-electron chi connectivity index (χ4n) is 4.34. The van der Waals surface area contributed by atoms with E-state index in [1.54, 1.807) is 29.0 Å². The lowest BCUT2D eigenvalue weighted by atomic mass is 10.1. The molecule has 5 N–H and O–H groups in total. The van der Waals surface area contributed by atoms with Gasteiger partial charge in [-0.2, -0.15) is 0 Å². The number of para-hydroxylation sites is 1. The van der Waals surface area contributed by atoms with E-state index in [2.05, 4.69) is 15.3 Å². The molecule has 1 aliphatic carbocycles. The van der Waals surface area contributed by atoms with Gasteiger partial charge < -0.3 is 30.3 Å². The number of imidazole rings is 1. The summed E-state index contributed by atoms with van der Waals surface area (Å²) < 4.78 is 15.5. The average Bonchev–Trinajstić information content (AvgIpc) is 3.55. The van der Waals surface area contributed by atoms with E-state index >= 15 is 0 Å². The van der Waals surface area contributed by atoms with E-state index in [4.69, 9.17) is 10.1 Å². The predicted octanol–water partition coefficient (Wildman–Crippen LogP) is 3.93. The number of carboxylic acid groups (broad SMARTS) is 1. The normalized spacial score (nSPS) is 15.6. The topological polar surface area (TPSA) is 154 Å². The Labute approximate surface area is 229 Å². The number of rotatable bonds is 11. The minimum atomic E-state index is -1.24. The highest BCUT2D eigenvalue weighted by Crippen LogP contribution is 2.47. The number of aromatic nitrogens is 4. The zero-order valence-corrected chi connectivity index (χ0v) is 21.4. The molecule has 11 heteroatoms. The number of hydrogen-bond donors (Lipinski definition) is 5. The zero-order valence-electron chi connectivity index (χ0n) is 21.4. The summed E-state index contributed by atoms with van der Waals surface area (Å²) in [6.45, 7) is 0. The van der Waals surface area contributed by atoms with Gasteiger partial charge in [-0.1, -0.05) is 18.2 Å². The van der Waals surface area contributed by atoms with Gasteiger partial charge in [-0.05, 0) is 61.4 Å². The lowest BCUT2D eigenvalue weighted by molar-refractivity contribution is -0.139. The fraction of sp³-hybridized carbons (Fsp3) is 0.241. The minimum absolute atomic E-state index is 0.198. The third-order valence-electron chi connectivity index (χ3n) is 6.48. The first kappa shape index (κ1) is 27.1. The van der Waals surface area contributed by atoms with Crippen LogP contribution in [-0.2, 0) is 10.4 Å². The van der Waals surface area contributed by atoms with Gasteiger partial charge in [0.1, 0.15) is 22.9 Å². The number of aliphatic hydroxyl groups is 3. The minimum Gasteiger partial charge on any atom is -0.481 e. The van der Waals surface area contributed by atoms with Crippen LogP contribution in [0.1, 0.15) is 31.5 Å². The van der Waals surface area contributed by atoms with Gasteiger partial charge in [0.15, 0.2) is 0 Å². The number of aliphatic hydroxyl groups excluding tert-OH is 2. The summed E-state index contributed by atoms with van der Waals surface area (Å²) >= 11 is 0. The lowest BCUT2D eigenvalue weighted by Crippen LogP contribution is -2.19. The van der Waals surface area contributed by atoms with Crippen LogP contribution in [0.3, 0.4) is 0 Å². The van der Waals surface area contributed by atoms with Crippen molar-refractivity contribution in [3.8, 4) is 22.6 Å². The van der Waals surface area contributed by atoms with Crippen LogP contribution in [0.5, 0.6) is 0 Å². The van der Waals surface area contributed by atoms with Crippen LogP contribution in [0.15, 0.2) is 72.9 Å². The number of benzene rings is 2. The van der Waals surface area contributed by atoms with Crippen molar-refractivity contribution in [3.63, 3.8) is 0 Å². The number of carbonyl (C=O) groups is 1. The van der Waals surface area contributed by atoms with Crippen molar-refractivity contribution in [2.75, 3.05) is 5.32 Å². The molecule has 206 valence electrons. The van der Waals surface area contributed by atoms with Crippen molar-refractivity contribution in [1.29, 1.82) is 0 Å². The van der Waals surface area contributed by atoms with Crippen LogP contribution in [0.4, 0.5) is 16.0 Å². The molecule has 0 bridgehead atoms. The number of carboxylic acids is 1. The summed E-state index contributed by atoms with van der Waals surface area (Å²) in [4.78, 5) is 24.6. The van der Waals surface area contributed by atoms with Gasteiger partial charge in [-0.3, -0.25) is 4.79 Å². The molecule has 1 saturated carbocycles. The third-order valence-corrected chi connectivity index (χ3v) is 6.48. The van der Waals surface area contributed by atoms with Gasteiger partial charge >= 0.3 is 5.97 Å². The molecule has 0 spiro atoms. The lowest BCUT2D eigenvalue weighted by Gasteiger charge is -2.14. The van der Waals surface area contributed by atoms with Gasteiger partial charge in [0.05, 0.1) is 30.0 Å². The van der Waals surface area contributed by atoms with Crippen LogP contribution >= 0.6 is 0 Å². The largest absolute Gasteiger partial charge is 0.481 e. The molecule has 0 amide bonds. The van der Waals surface area contributed by atoms with E-state index in [1.165, 1.54) is 24.4 Å². The number of aliphatic carboxylic acids is 1. The first-order chi connectivity index (χ1) is 19.2. The number of nitrogens with zero attached hydrogens (tertiary/aromatic N) is 4. The molecule has 10 nitrogen and oxygen atoms in total. The number of halogens is 1. The molecule has 2 unspecified atom stereocenters. The maximum atomic E-state index is 13.9. The summed E-state index contributed by atoms with van der Waals surface area (Å²) in [5.74, 6) is -0.959. The first-order valence-corrected chi connectivity index (χ1v) is 12.7. The molecule has 1 fully saturated rings. The molecule has 0 aliphatic heterocycles. The Morgan fingerprint density at radius 3 is 2.48 bits per heavy atom. The Morgan fingerprint density at radius 1 is 1.07 bits per heavy atom. The van der Waals surface area contributed by atoms with Gasteiger partial charge in [-0.15, -0.1) is 0 Å². The molecule has 4 aromatic rings. The highest BCUT2D eigenvalue weighted by molar-refractivity contribution is 5.80. The van der Waals surface area contributed by atoms with Crippen molar-refractivity contribution < 1.29 is 29.6 Å². The quantitative estimate of drug-likeness (QED) is 0.189. The molecule has 2 atom stereocenters. The predicted molar refractivity (Wildman–Crippen MR) is 146 cm³/mol. The molecule has 5 rings (SSSR count). The van der Waals surface area contributed by atoms with Gasteiger partial charge in [-0.25, -0.2) is 19.3 Å². The third kappa shape index (κ3) is 6.23. The average molecular weight is 546 g/mol. The number of hydrogen-bond acceptors (Lipinski definition) is 8. The Kier molecular flexibility index (Phi) is 7.69. The summed E-state index contributed by atoms with van der Waals surface area (Å²) in [5, 5.41) is 43.6. The second-order valence-electron chi connectivity index (χ2n) is 9.69. The number of anilines is 2. The van der Waals surface area contributed by atoms with Crippen LogP contribution < -0.4 is 5.32 Å². The molecule has 1 aliphatic rings. The monoisotopic (exact) mass is 545 g/mol. The maximum Gasteiger partial charge on any atom is 0.305 e. The standard InChI is InChI=1S/C29H28FN5O5/c30-19-8-6-18(7-9-19)26-25(23-10-14-31-28(33-23)32-20-4-2-1-3-5-20)34-27(29(40)12-13-29)35(26)15-11-21(36)16-22(37)17-24(38)39/h1-11,14-15,21-22,36-37,40H,12-13,16-17H2,(H,38,39)(H,31,32,33)/b15-11+. The van der Waals surface area contributed by atoms with E-state index in [0.29, 0.717) is 47.3 Å². The van der Waals surface area contributed by atoms with Gasteiger partial charge in [0.25, 0.3) is 0 Å². The van der Waals surface area contributed by atoms with Crippen molar-refractivity contribution in [1.82, 2.24) is 19.5 Å². The van der Waals surface area contributed by atoms with Crippen LogP contribution in [0.25, 0.3) is 28.8 Å². The van der Waals surface area contributed by atoms with Gasteiger partial charge in [0.2, 0.25) is 5.95 Å². The van der Waals surface area contributed by atoms with Gasteiger partial charge in [0, 0.05) is 30.1 Å². The Hall–Kier alpha value is -4.45. The first-order valence-electron chi connectivity index (χ1n) is 12.7. The molecular formula is C29H28FN5O5. The Bertz CT molecular complexity index is 1520. The van der Waals surface area contributed by atoms with Crippen LogP contribution in [-0.4, -0.2) is 58.1 Å². The zero-order chi connectivity index (χ0) is 28.3. The fourth-order valence-corrected chi connectivity index (χ4v) is 4.34. The summed E-state index contributed by atoms with van der Waals surface area (Å²) in [5.41, 5.74) is 1.52. The Morgan fingerprint density at radius 2 is 1.80 bits per heavy atom. The SMILES string of the molecule is O=C(O)CC(O)CC(O)/C=C/n1c(C2(O)CC2)nc(-c2ccnc(Nc3ccccc3)n2)c1-c1ccc(F)cc1. The molecule has 0 radical (unpaired) electrons. The molecule has 0 saturated heterocycles.